The maximum absolute atomic E-state index is 12.5. The molecule has 1 aliphatic rings. The van der Waals surface area contributed by atoms with Crippen LogP contribution in [0.1, 0.15) is 22.6 Å². The number of para-hydroxylation sites is 2. The first-order valence-electron chi connectivity index (χ1n) is 7.84. The van der Waals surface area contributed by atoms with Gasteiger partial charge in [-0.25, -0.2) is 9.97 Å². The molecule has 1 aromatic heterocycles. The van der Waals surface area contributed by atoms with Crippen LogP contribution < -0.4 is 15.4 Å². The van der Waals surface area contributed by atoms with Crippen LogP contribution in [0.15, 0.2) is 30.3 Å². The second kappa shape index (κ2) is 7.27. The van der Waals surface area contributed by atoms with Crippen LogP contribution in [0.4, 0.5) is 11.6 Å². The Hall–Kier alpha value is -2.67. The minimum Gasteiger partial charge on any atom is -0.486 e. The van der Waals surface area contributed by atoms with Crippen molar-refractivity contribution in [2.24, 2.45) is 0 Å². The molecule has 0 bridgehead atoms. The summed E-state index contributed by atoms with van der Waals surface area (Å²) in [4.78, 5) is 20.9. The Morgan fingerprint density at radius 1 is 1.33 bits per heavy atom. The van der Waals surface area contributed by atoms with E-state index in [4.69, 9.17) is 9.47 Å². The smallest absolute Gasteiger partial charge is 0.274 e. The van der Waals surface area contributed by atoms with Crippen molar-refractivity contribution >= 4 is 17.5 Å². The van der Waals surface area contributed by atoms with Gasteiger partial charge < -0.3 is 20.1 Å². The zero-order chi connectivity index (χ0) is 16.9. The fourth-order valence-electron chi connectivity index (χ4n) is 2.44. The molecule has 1 aliphatic heterocycles. The largest absolute Gasteiger partial charge is 0.486 e. The molecule has 2 N–H and O–H groups in total. The molecule has 2 heterocycles. The van der Waals surface area contributed by atoms with Crippen molar-refractivity contribution in [3.05, 3.63) is 41.7 Å². The van der Waals surface area contributed by atoms with Crippen molar-refractivity contribution in [1.82, 2.24) is 9.97 Å². The first-order valence-corrected chi connectivity index (χ1v) is 7.84. The molecule has 1 amide bonds. The summed E-state index contributed by atoms with van der Waals surface area (Å²) in [5.74, 6) is 0.726. The van der Waals surface area contributed by atoms with Gasteiger partial charge in [-0.3, -0.25) is 4.79 Å². The minimum absolute atomic E-state index is 0.0141. The average Bonchev–Trinajstić information content (AvgIpc) is 3.09. The third kappa shape index (κ3) is 3.80. The number of aryl methyl sites for hydroxylation is 1. The molecule has 0 saturated carbocycles. The number of carbonyl (C=O) groups excluding carboxylic acids is 1. The standard InChI is InChI=1S/C17H20N4O3/c1-11-9-14(21-17(18-2)19-11)16(22)20-13-5-3-4-6-15(13)24-12-7-8-23-10-12/h3-6,9,12H,7-8,10H2,1-2H3,(H,20,22)(H,18,19,21)/t12-/m1/s1. The van der Waals surface area contributed by atoms with Crippen LogP contribution in [-0.2, 0) is 4.74 Å². The van der Waals surface area contributed by atoms with Gasteiger partial charge >= 0.3 is 0 Å². The highest BCUT2D eigenvalue weighted by Gasteiger charge is 2.19. The van der Waals surface area contributed by atoms with Crippen LogP contribution in [-0.4, -0.2) is 42.2 Å². The summed E-state index contributed by atoms with van der Waals surface area (Å²) < 4.78 is 11.2. The molecular weight excluding hydrogens is 308 g/mol. The predicted molar refractivity (Wildman–Crippen MR) is 90.6 cm³/mol. The molecule has 2 aromatic rings. The van der Waals surface area contributed by atoms with E-state index in [9.17, 15) is 4.79 Å². The summed E-state index contributed by atoms with van der Waals surface area (Å²) in [5.41, 5.74) is 1.62. The lowest BCUT2D eigenvalue weighted by molar-refractivity contribution is 0.102. The second-order valence-electron chi connectivity index (χ2n) is 5.52. The van der Waals surface area contributed by atoms with E-state index >= 15 is 0 Å². The first kappa shape index (κ1) is 16.2. The average molecular weight is 328 g/mol. The Balaban J connectivity index is 1.78. The van der Waals surface area contributed by atoms with Crippen molar-refractivity contribution < 1.29 is 14.3 Å². The summed E-state index contributed by atoms with van der Waals surface area (Å²) in [6.07, 6.45) is 0.860. The van der Waals surface area contributed by atoms with Crippen LogP contribution in [0.5, 0.6) is 5.75 Å². The fraction of sp³-hybridized carbons (Fsp3) is 0.353. The minimum atomic E-state index is -0.310. The molecule has 0 aliphatic carbocycles. The third-order valence-corrected chi connectivity index (χ3v) is 3.63. The Morgan fingerprint density at radius 2 is 2.17 bits per heavy atom. The monoisotopic (exact) mass is 328 g/mol. The Morgan fingerprint density at radius 3 is 2.92 bits per heavy atom. The van der Waals surface area contributed by atoms with Gasteiger partial charge in [-0.2, -0.15) is 0 Å². The molecular formula is C17H20N4O3. The van der Waals surface area contributed by atoms with E-state index in [1.165, 1.54) is 0 Å². The Kier molecular flexibility index (Phi) is 4.90. The number of hydrogen-bond acceptors (Lipinski definition) is 6. The molecule has 1 aromatic carbocycles. The predicted octanol–water partition coefficient (Wildman–Crippen LogP) is 2.25. The van der Waals surface area contributed by atoms with E-state index in [0.29, 0.717) is 42.0 Å². The number of rotatable bonds is 5. The van der Waals surface area contributed by atoms with Gasteiger partial charge in [-0.05, 0) is 25.1 Å². The number of anilines is 2. The molecule has 0 unspecified atom stereocenters. The number of nitrogens with one attached hydrogen (secondary N) is 2. The lowest BCUT2D eigenvalue weighted by Crippen LogP contribution is -2.19. The number of aromatic nitrogens is 2. The number of hydrogen-bond donors (Lipinski definition) is 2. The van der Waals surface area contributed by atoms with Gasteiger partial charge in [0.05, 0.1) is 18.9 Å². The summed E-state index contributed by atoms with van der Waals surface area (Å²) in [6.45, 7) is 3.08. The van der Waals surface area contributed by atoms with Gasteiger partial charge in [0.1, 0.15) is 17.5 Å². The summed E-state index contributed by atoms with van der Waals surface area (Å²) in [5, 5.41) is 5.70. The summed E-state index contributed by atoms with van der Waals surface area (Å²) >= 11 is 0. The van der Waals surface area contributed by atoms with E-state index in [1.54, 1.807) is 19.2 Å². The first-order chi connectivity index (χ1) is 11.7. The van der Waals surface area contributed by atoms with E-state index < -0.39 is 0 Å². The molecule has 24 heavy (non-hydrogen) atoms. The molecule has 7 heteroatoms. The second-order valence-corrected chi connectivity index (χ2v) is 5.52. The highest BCUT2D eigenvalue weighted by Crippen LogP contribution is 2.27. The van der Waals surface area contributed by atoms with Crippen LogP contribution in [0.25, 0.3) is 0 Å². The maximum Gasteiger partial charge on any atom is 0.274 e. The molecule has 7 nitrogen and oxygen atoms in total. The lowest BCUT2D eigenvalue weighted by atomic mass is 10.2. The van der Waals surface area contributed by atoms with Crippen molar-refractivity contribution in [1.29, 1.82) is 0 Å². The zero-order valence-electron chi connectivity index (χ0n) is 13.7. The van der Waals surface area contributed by atoms with Crippen LogP contribution >= 0.6 is 0 Å². The van der Waals surface area contributed by atoms with Crippen molar-refractivity contribution in [3.63, 3.8) is 0 Å². The Labute approximate surface area is 140 Å². The van der Waals surface area contributed by atoms with E-state index in [0.717, 1.165) is 6.42 Å². The molecule has 1 saturated heterocycles. The quantitative estimate of drug-likeness (QED) is 0.875. The number of ether oxygens (including phenoxy) is 2. The van der Waals surface area contributed by atoms with Crippen LogP contribution in [0, 0.1) is 6.92 Å². The van der Waals surface area contributed by atoms with Gasteiger partial charge in [-0.15, -0.1) is 0 Å². The Bertz CT molecular complexity index is 730. The van der Waals surface area contributed by atoms with Gasteiger partial charge in [0.15, 0.2) is 0 Å². The van der Waals surface area contributed by atoms with Gasteiger partial charge in [0.25, 0.3) is 5.91 Å². The lowest BCUT2D eigenvalue weighted by Gasteiger charge is -2.16. The number of amides is 1. The zero-order valence-corrected chi connectivity index (χ0v) is 13.7. The molecule has 1 fully saturated rings. The summed E-state index contributed by atoms with van der Waals surface area (Å²) in [7, 11) is 1.71. The fourth-order valence-corrected chi connectivity index (χ4v) is 2.44. The van der Waals surface area contributed by atoms with Crippen molar-refractivity contribution in [2.45, 2.75) is 19.4 Å². The topological polar surface area (TPSA) is 85.4 Å². The maximum atomic E-state index is 12.5. The van der Waals surface area contributed by atoms with Gasteiger partial charge in [-0.1, -0.05) is 12.1 Å². The number of benzene rings is 1. The van der Waals surface area contributed by atoms with Crippen LogP contribution in [0.2, 0.25) is 0 Å². The highest BCUT2D eigenvalue weighted by molar-refractivity contribution is 6.03. The third-order valence-electron chi connectivity index (χ3n) is 3.63. The molecule has 3 rings (SSSR count). The highest BCUT2D eigenvalue weighted by atomic mass is 16.5. The molecule has 0 spiro atoms. The number of nitrogens with zero attached hydrogens (tertiary/aromatic N) is 2. The SMILES string of the molecule is CNc1nc(C)cc(C(=O)Nc2ccccc2O[C@@H]2CCOC2)n1. The van der Waals surface area contributed by atoms with E-state index in [2.05, 4.69) is 20.6 Å². The molecule has 126 valence electrons. The van der Waals surface area contributed by atoms with Crippen molar-refractivity contribution in [3.8, 4) is 5.75 Å². The summed E-state index contributed by atoms with van der Waals surface area (Å²) in [6, 6.07) is 8.99. The van der Waals surface area contributed by atoms with Crippen molar-refractivity contribution in [2.75, 3.05) is 30.9 Å². The normalized spacial score (nSPS) is 16.7. The van der Waals surface area contributed by atoms with E-state index in [-0.39, 0.29) is 12.0 Å². The van der Waals surface area contributed by atoms with Gasteiger partial charge in [0.2, 0.25) is 5.95 Å². The van der Waals surface area contributed by atoms with E-state index in [1.807, 2.05) is 25.1 Å². The van der Waals surface area contributed by atoms with Gasteiger partial charge in [0, 0.05) is 19.2 Å². The molecule has 1 atom stereocenters. The van der Waals surface area contributed by atoms with Crippen LogP contribution in [0.3, 0.4) is 0 Å². The number of carbonyl (C=O) groups is 1. The molecule has 0 radical (unpaired) electrons.